The van der Waals surface area contributed by atoms with Gasteiger partial charge in [0.2, 0.25) is 5.91 Å². The van der Waals surface area contributed by atoms with Gasteiger partial charge in [-0.3, -0.25) is 9.69 Å². The third-order valence-electron chi connectivity index (χ3n) is 11.4. The molecule has 58 heavy (non-hydrogen) atoms. The number of benzene rings is 3. The molecule has 5 heterocycles. The van der Waals surface area contributed by atoms with E-state index in [4.69, 9.17) is 19.2 Å². The number of imidazole rings is 2. The maximum Gasteiger partial charge on any atom is 0.411 e. The van der Waals surface area contributed by atoms with Gasteiger partial charge >= 0.3 is 12.2 Å². The van der Waals surface area contributed by atoms with Gasteiger partial charge in [-0.2, -0.15) is 0 Å². The number of H-pyrrole nitrogens is 2. The normalized spacial score (nSPS) is 19.4. The van der Waals surface area contributed by atoms with Gasteiger partial charge in [-0.25, -0.2) is 19.6 Å². The number of amides is 3. The van der Waals surface area contributed by atoms with Crippen LogP contribution in [0.25, 0.3) is 44.4 Å². The molecule has 3 aromatic carbocycles. The minimum absolute atomic E-state index is 0.0217. The Morgan fingerprint density at radius 2 is 1.43 bits per heavy atom. The van der Waals surface area contributed by atoms with Crippen molar-refractivity contribution < 1.29 is 28.6 Å². The topological polar surface area (TPSA) is 155 Å². The van der Waals surface area contributed by atoms with Crippen LogP contribution in [0.3, 0.4) is 0 Å². The number of carbonyl (C=O) groups excluding carboxylic acids is 3. The van der Waals surface area contributed by atoms with Crippen molar-refractivity contribution in [2.75, 3.05) is 33.4 Å². The van der Waals surface area contributed by atoms with E-state index in [-0.39, 0.29) is 30.0 Å². The maximum absolute atomic E-state index is 14.0. The summed E-state index contributed by atoms with van der Waals surface area (Å²) in [5.74, 6) is 1.32. The van der Waals surface area contributed by atoms with Crippen LogP contribution in [-0.4, -0.2) is 92.9 Å². The van der Waals surface area contributed by atoms with Crippen molar-refractivity contribution in [3.63, 3.8) is 0 Å². The van der Waals surface area contributed by atoms with E-state index in [1.807, 2.05) is 38.1 Å². The van der Waals surface area contributed by atoms with Crippen molar-refractivity contribution >= 4 is 28.9 Å². The van der Waals surface area contributed by atoms with Crippen LogP contribution < -0.4 is 5.32 Å². The van der Waals surface area contributed by atoms with Crippen molar-refractivity contribution in [2.45, 2.75) is 76.6 Å². The zero-order chi connectivity index (χ0) is 40.6. The number of nitrogens with zero attached hydrogens (tertiary/aromatic N) is 4. The number of aromatic nitrogens is 4. The monoisotopic (exact) mass is 785 g/mol. The van der Waals surface area contributed by atoms with Crippen LogP contribution in [0.15, 0.2) is 85.2 Å². The number of hydrogen-bond donors (Lipinski definition) is 3. The summed E-state index contributed by atoms with van der Waals surface area (Å²) in [7, 11) is 1.31. The average Bonchev–Trinajstić information content (AvgIpc) is 4.06. The highest BCUT2D eigenvalue weighted by Gasteiger charge is 2.40. The van der Waals surface area contributed by atoms with E-state index in [1.54, 1.807) is 4.90 Å². The highest BCUT2D eigenvalue weighted by molar-refractivity contribution is 5.91. The van der Waals surface area contributed by atoms with Gasteiger partial charge in [0.25, 0.3) is 0 Å². The summed E-state index contributed by atoms with van der Waals surface area (Å²) in [6.45, 7) is 11.9. The Morgan fingerprint density at radius 3 is 2.10 bits per heavy atom. The summed E-state index contributed by atoms with van der Waals surface area (Å²) in [4.78, 5) is 59.1. The summed E-state index contributed by atoms with van der Waals surface area (Å²) in [6, 6.07) is 20.0. The van der Waals surface area contributed by atoms with Crippen LogP contribution >= 0.6 is 0 Å². The van der Waals surface area contributed by atoms with Gasteiger partial charge in [-0.1, -0.05) is 60.7 Å². The second-order valence-electron chi connectivity index (χ2n) is 16.5. The summed E-state index contributed by atoms with van der Waals surface area (Å²) in [5.41, 5.74) is 6.32. The molecule has 0 spiro atoms. The molecule has 3 atom stereocenters. The van der Waals surface area contributed by atoms with Crippen LogP contribution in [0.5, 0.6) is 0 Å². The number of methoxy groups -OCH3 is 1. The van der Waals surface area contributed by atoms with Crippen LogP contribution in [0.4, 0.5) is 9.59 Å². The molecule has 3 fully saturated rings. The molecular weight excluding hydrogens is 735 g/mol. The predicted octanol–water partition coefficient (Wildman–Crippen LogP) is 8.34. The number of ether oxygens (including phenoxy) is 3. The number of likely N-dealkylation sites (tertiary alicyclic amines) is 2. The van der Waals surface area contributed by atoms with Gasteiger partial charge in [-0.05, 0) is 98.4 Å². The predicted molar refractivity (Wildman–Crippen MR) is 221 cm³/mol. The van der Waals surface area contributed by atoms with Crippen LogP contribution in [0.1, 0.15) is 76.6 Å². The Hall–Kier alpha value is -5.95. The number of rotatable bonds is 8. The minimum Gasteiger partial charge on any atom is -0.453 e. The van der Waals surface area contributed by atoms with Crippen molar-refractivity contribution in [1.82, 2.24) is 35.1 Å². The SMILES string of the molecule is C=C1CC(c2ncc(-c3ccc(-c4ccc5cc(-c6cnc(C7CCCN7C(=O)C(NC(=O)OC)C7CCOCC7)[nH]6)ccc5c4)cc3)[nH]2)N(C(=O)OC(C)(C)C)C1. The Kier molecular flexibility index (Phi) is 10.8. The molecule has 3 N–H and O–H groups in total. The molecule has 0 bridgehead atoms. The van der Waals surface area contributed by atoms with Gasteiger partial charge in [0.15, 0.2) is 0 Å². The van der Waals surface area contributed by atoms with Crippen molar-refractivity contribution in [1.29, 1.82) is 0 Å². The van der Waals surface area contributed by atoms with Gasteiger partial charge < -0.3 is 34.4 Å². The summed E-state index contributed by atoms with van der Waals surface area (Å²) in [5, 5.41) is 5.03. The molecule has 3 aliphatic rings. The fourth-order valence-electron chi connectivity index (χ4n) is 8.41. The molecule has 5 aromatic rings. The Morgan fingerprint density at radius 1 is 0.828 bits per heavy atom. The number of nitrogens with one attached hydrogen (secondary N) is 3. The number of fused-ring (bicyclic) bond motifs is 1. The second-order valence-corrected chi connectivity index (χ2v) is 16.5. The van der Waals surface area contributed by atoms with Crippen LogP contribution in [-0.2, 0) is 19.0 Å². The number of alkyl carbamates (subject to hydrolysis) is 1. The molecule has 3 amide bonds. The van der Waals surface area contributed by atoms with Gasteiger partial charge in [0, 0.05) is 31.9 Å². The van der Waals surface area contributed by atoms with E-state index < -0.39 is 17.7 Å². The first kappa shape index (κ1) is 38.9. The molecule has 0 aliphatic carbocycles. The fraction of sp³-hybridized carbons (Fsp3) is 0.400. The summed E-state index contributed by atoms with van der Waals surface area (Å²) >= 11 is 0. The maximum atomic E-state index is 14.0. The molecule has 2 aromatic heterocycles. The molecule has 3 saturated heterocycles. The standard InChI is InChI=1S/C45H51N7O6/c1-27-21-38(52(26-27)44(55)58-45(2,3)4)41-47-24-35(48-41)29-10-8-28(9-11-29)31-12-13-33-23-34(15-14-32(33)22-31)36-25-46-40(49-36)37-7-6-18-51(37)42(53)39(50-43(54)56-5)30-16-19-57-20-17-30/h8-15,22-25,30,37-39H,1,6-7,16-21,26H2,2-5H3,(H,46,49)(H,47,48)(H,50,54). The Balaban J connectivity index is 0.948. The van der Waals surface area contributed by atoms with Crippen LogP contribution in [0.2, 0.25) is 0 Å². The zero-order valence-electron chi connectivity index (χ0n) is 33.5. The van der Waals surface area contributed by atoms with E-state index in [1.165, 1.54) is 7.11 Å². The third-order valence-corrected chi connectivity index (χ3v) is 11.4. The van der Waals surface area contributed by atoms with Gasteiger partial charge in [-0.15, -0.1) is 0 Å². The minimum atomic E-state index is -0.678. The lowest BCUT2D eigenvalue weighted by Crippen LogP contribution is -2.53. The molecule has 0 radical (unpaired) electrons. The molecular formula is C45H51N7O6. The molecule has 8 rings (SSSR count). The quantitative estimate of drug-likeness (QED) is 0.133. The smallest absolute Gasteiger partial charge is 0.411 e. The summed E-state index contributed by atoms with van der Waals surface area (Å²) < 4.78 is 16.1. The lowest BCUT2D eigenvalue weighted by molar-refractivity contribution is -0.136. The number of carbonyl (C=O) groups is 3. The van der Waals surface area contributed by atoms with Crippen molar-refractivity contribution in [2.24, 2.45) is 5.92 Å². The van der Waals surface area contributed by atoms with E-state index in [2.05, 4.69) is 87.5 Å². The fourth-order valence-corrected chi connectivity index (χ4v) is 8.41. The lowest BCUT2D eigenvalue weighted by atomic mass is 9.90. The van der Waals surface area contributed by atoms with Crippen LogP contribution in [0, 0.1) is 5.92 Å². The molecule has 13 nitrogen and oxygen atoms in total. The first-order chi connectivity index (χ1) is 27.9. The Labute approximate surface area is 338 Å². The first-order valence-corrected chi connectivity index (χ1v) is 20.1. The van der Waals surface area contributed by atoms with Crippen molar-refractivity contribution in [3.8, 4) is 33.6 Å². The highest BCUT2D eigenvalue weighted by Crippen LogP contribution is 2.37. The van der Waals surface area contributed by atoms with Gasteiger partial charge in [0.1, 0.15) is 23.3 Å². The number of aromatic amines is 2. The molecule has 0 saturated carbocycles. The third kappa shape index (κ3) is 8.22. The molecule has 3 unspecified atom stereocenters. The van der Waals surface area contributed by atoms with E-state index in [0.29, 0.717) is 51.4 Å². The number of hydrogen-bond acceptors (Lipinski definition) is 8. The average molecular weight is 786 g/mol. The first-order valence-electron chi connectivity index (χ1n) is 20.1. The van der Waals surface area contributed by atoms with E-state index in [0.717, 1.165) is 68.7 Å². The van der Waals surface area contributed by atoms with E-state index >= 15 is 0 Å². The lowest BCUT2D eigenvalue weighted by Gasteiger charge is -2.34. The van der Waals surface area contributed by atoms with Crippen molar-refractivity contribution in [3.05, 3.63) is 96.9 Å². The Bertz CT molecular complexity index is 2320. The molecule has 13 heteroatoms. The zero-order valence-corrected chi connectivity index (χ0v) is 33.5. The molecule has 3 aliphatic heterocycles. The second kappa shape index (κ2) is 16.1. The highest BCUT2D eigenvalue weighted by atomic mass is 16.6. The van der Waals surface area contributed by atoms with Gasteiger partial charge in [0.05, 0.1) is 43.0 Å². The summed E-state index contributed by atoms with van der Waals surface area (Å²) in [6.07, 6.45) is 6.34. The largest absolute Gasteiger partial charge is 0.453 e. The van der Waals surface area contributed by atoms with E-state index in [9.17, 15) is 14.4 Å². The molecule has 302 valence electrons.